The highest BCUT2D eigenvalue weighted by Crippen LogP contribution is 2.23. The van der Waals surface area contributed by atoms with Crippen molar-refractivity contribution in [2.75, 3.05) is 5.32 Å². The number of benzene rings is 2. The minimum absolute atomic E-state index is 0.0140. The quantitative estimate of drug-likeness (QED) is 0.540. The van der Waals surface area contributed by atoms with Gasteiger partial charge >= 0.3 is 0 Å². The molecule has 120 valence electrons. The maximum Gasteiger partial charge on any atom is 0.287 e. The summed E-state index contributed by atoms with van der Waals surface area (Å²) in [5.41, 5.74) is 2.34. The molecule has 24 heavy (non-hydrogen) atoms. The molecule has 0 saturated heterocycles. The lowest BCUT2D eigenvalue weighted by atomic mass is 9.99. The molecule has 0 spiro atoms. The Labute approximate surface area is 140 Å². The van der Waals surface area contributed by atoms with E-state index < -0.39 is 4.92 Å². The van der Waals surface area contributed by atoms with E-state index in [1.54, 1.807) is 6.07 Å². The van der Waals surface area contributed by atoms with Gasteiger partial charge in [0.2, 0.25) is 0 Å². The molecule has 1 N–H and O–H groups in total. The molecule has 1 atom stereocenters. The molecule has 0 saturated carbocycles. The molecular formula is C19H17N3O2. The van der Waals surface area contributed by atoms with E-state index >= 15 is 0 Å². The molecule has 0 radical (unpaired) electrons. The van der Waals surface area contributed by atoms with E-state index in [0.717, 1.165) is 12.0 Å². The van der Waals surface area contributed by atoms with Gasteiger partial charge in [0.15, 0.2) is 0 Å². The van der Waals surface area contributed by atoms with Crippen LogP contribution in [-0.2, 0) is 6.42 Å². The fourth-order valence-corrected chi connectivity index (χ4v) is 2.55. The molecule has 0 aliphatic carbocycles. The summed E-state index contributed by atoms with van der Waals surface area (Å²) >= 11 is 0. The van der Waals surface area contributed by atoms with Gasteiger partial charge in [0.1, 0.15) is 12.0 Å². The summed E-state index contributed by atoms with van der Waals surface area (Å²) in [6, 6.07) is 23.4. The van der Waals surface area contributed by atoms with E-state index in [2.05, 4.69) is 34.6 Å². The van der Waals surface area contributed by atoms with Gasteiger partial charge in [-0.1, -0.05) is 60.7 Å². The largest absolute Gasteiger partial charge is 0.363 e. The number of anilines is 1. The molecule has 0 aliphatic rings. The van der Waals surface area contributed by atoms with Crippen molar-refractivity contribution in [3.05, 3.63) is 100 Å². The second kappa shape index (κ2) is 7.37. The van der Waals surface area contributed by atoms with Crippen LogP contribution < -0.4 is 5.32 Å². The summed E-state index contributed by atoms with van der Waals surface area (Å²) in [6.07, 6.45) is 2.07. The van der Waals surface area contributed by atoms with Gasteiger partial charge in [-0.05, 0) is 23.6 Å². The highest BCUT2D eigenvalue weighted by molar-refractivity contribution is 5.43. The predicted molar refractivity (Wildman–Crippen MR) is 93.8 cm³/mol. The lowest BCUT2D eigenvalue weighted by Gasteiger charge is -2.20. The Balaban J connectivity index is 1.83. The third-order valence-corrected chi connectivity index (χ3v) is 3.77. The average Bonchev–Trinajstić information content (AvgIpc) is 2.63. The molecule has 5 heteroatoms. The van der Waals surface area contributed by atoms with E-state index in [1.165, 1.54) is 17.8 Å². The first-order valence-corrected chi connectivity index (χ1v) is 7.68. The van der Waals surface area contributed by atoms with Crippen LogP contribution in [0.1, 0.15) is 17.2 Å². The molecule has 0 fully saturated rings. The van der Waals surface area contributed by atoms with Crippen LogP contribution in [0.25, 0.3) is 0 Å². The van der Waals surface area contributed by atoms with Gasteiger partial charge in [-0.25, -0.2) is 4.98 Å². The summed E-state index contributed by atoms with van der Waals surface area (Å²) in [5, 5.41) is 14.1. The average molecular weight is 319 g/mol. The van der Waals surface area contributed by atoms with Gasteiger partial charge in [0, 0.05) is 6.07 Å². The van der Waals surface area contributed by atoms with Crippen molar-refractivity contribution in [1.29, 1.82) is 0 Å². The second-order valence-electron chi connectivity index (χ2n) is 5.46. The Bertz CT molecular complexity index is 790. The Hall–Kier alpha value is -3.21. The number of hydrogen-bond donors (Lipinski definition) is 1. The standard InChI is InChI=1S/C19H17N3O2/c23-22(24)17-11-12-19(20-14-17)21-18(16-9-5-2-6-10-16)13-15-7-3-1-4-8-15/h1-12,14,18H,13H2,(H,20,21)/t18-/m0/s1. The molecule has 1 heterocycles. The smallest absolute Gasteiger partial charge is 0.287 e. The number of aromatic nitrogens is 1. The number of pyridine rings is 1. The molecule has 3 aromatic rings. The molecule has 0 unspecified atom stereocenters. The van der Waals surface area contributed by atoms with Gasteiger partial charge in [0.05, 0.1) is 11.0 Å². The Kier molecular flexibility index (Phi) is 4.81. The topological polar surface area (TPSA) is 68.1 Å². The summed E-state index contributed by atoms with van der Waals surface area (Å²) < 4.78 is 0. The maximum absolute atomic E-state index is 10.7. The Morgan fingerprint density at radius 2 is 1.62 bits per heavy atom. The molecule has 5 nitrogen and oxygen atoms in total. The first-order valence-electron chi connectivity index (χ1n) is 7.68. The van der Waals surface area contributed by atoms with E-state index in [1.807, 2.05) is 36.4 Å². The molecule has 0 amide bonds. The van der Waals surface area contributed by atoms with Crippen LogP contribution in [-0.4, -0.2) is 9.91 Å². The third kappa shape index (κ3) is 3.95. The molecule has 2 aromatic carbocycles. The highest BCUT2D eigenvalue weighted by Gasteiger charge is 2.13. The van der Waals surface area contributed by atoms with E-state index in [4.69, 9.17) is 0 Å². The Morgan fingerprint density at radius 1 is 0.958 bits per heavy atom. The van der Waals surface area contributed by atoms with Crippen molar-refractivity contribution in [2.24, 2.45) is 0 Å². The first-order chi connectivity index (χ1) is 11.7. The van der Waals surface area contributed by atoms with Crippen molar-refractivity contribution in [3.63, 3.8) is 0 Å². The minimum atomic E-state index is -0.449. The van der Waals surface area contributed by atoms with E-state index in [0.29, 0.717) is 5.82 Å². The SMILES string of the molecule is O=[N+]([O-])c1ccc(N[C@@H](Cc2ccccc2)c2ccccc2)nc1. The number of nitro groups is 1. The normalized spacial score (nSPS) is 11.7. The maximum atomic E-state index is 10.7. The van der Waals surface area contributed by atoms with Crippen molar-refractivity contribution in [2.45, 2.75) is 12.5 Å². The molecule has 0 bridgehead atoms. The van der Waals surface area contributed by atoms with Crippen LogP contribution in [0.3, 0.4) is 0 Å². The van der Waals surface area contributed by atoms with Gasteiger partial charge in [0.25, 0.3) is 5.69 Å². The summed E-state index contributed by atoms with van der Waals surface area (Å²) in [6.45, 7) is 0. The molecular weight excluding hydrogens is 302 g/mol. The summed E-state index contributed by atoms with van der Waals surface area (Å²) in [5.74, 6) is 0.616. The number of nitrogens with one attached hydrogen (secondary N) is 1. The minimum Gasteiger partial charge on any atom is -0.363 e. The summed E-state index contributed by atoms with van der Waals surface area (Å²) in [4.78, 5) is 14.4. The fraction of sp³-hybridized carbons (Fsp3) is 0.105. The fourth-order valence-electron chi connectivity index (χ4n) is 2.55. The van der Waals surface area contributed by atoms with Crippen molar-refractivity contribution in [3.8, 4) is 0 Å². The van der Waals surface area contributed by atoms with Crippen LogP contribution in [0, 0.1) is 10.1 Å². The summed E-state index contributed by atoms with van der Waals surface area (Å²) in [7, 11) is 0. The molecule has 1 aromatic heterocycles. The van der Waals surface area contributed by atoms with Gasteiger partial charge in [-0.3, -0.25) is 10.1 Å². The molecule has 3 rings (SSSR count). The zero-order valence-electron chi connectivity index (χ0n) is 13.0. The van der Waals surface area contributed by atoms with Crippen molar-refractivity contribution < 1.29 is 4.92 Å². The van der Waals surface area contributed by atoms with E-state index in [9.17, 15) is 10.1 Å². The van der Waals surface area contributed by atoms with Crippen LogP contribution in [0.2, 0.25) is 0 Å². The number of rotatable bonds is 6. The third-order valence-electron chi connectivity index (χ3n) is 3.77. The lowest BCUT2D eigenvalue weighted by Crippen LogP contribution is -2.14. The van der Waals surface area contributed by atoms with Crippen LogP contribution in [0.15, 0.2) is 79.0 Å². The number of hydrogen-bond acceptors (Lipinski definition) is 4. The van der Waals surface area contributed by atoms with Gasteiger partial charge in [-0.15, -0.1) is 0 Å². The van der Waals surface area contributed by atoms with Gasteiger partial charge in [-0.2, -0.15) is 0 Å². The van der Waals surface area contributed by atoms with Crippen molar-refractivity contribution >= 4 is 11.5 Å². The predicted octanol–water partition coefficient (Wildman–Crippen LogP) is 4.39. The van der Waals surface area contributed by atoms with E-state index in [-0.39, 0.29) is 11.7 Å². The Morgan fingerprint density at radius 3 is 2.21 bits per heavy atom. The van der Waals surface area contributed by atoms with Crippen LogP contribution in [0.4, 0.5) is 11.5 Å². The monoisotopic (exact) mass is 319 g/mol. The molecule has 0 aliphatic heterocycles. The lowest BCUT2D eigenvalue weighted by molar-refractivity contribution is -0.385. The van der Waals surface area contributed by atoms with Crippen molar-refractivity contribution in [1.82, 2.24) is 4.98 Å². The highest BCUT2D eigenvalue weighted by atomic mass is 16.6. The first kappa shape index (κ1) is 15.7. The zero-order valence-corrected chi connectivity index (χ0v) is 13.0. The van der Waals surface area contributed by atoms with Crippen LogP contribution in [0.5, 0.6) is 0 Å². The van der Waals surface area contributed by atoms with Gasteiger partial charge < -0.3 is 5.32 Å². The zero-order chi connectivity index (χ0) is 16.8. The van der Waals surface area contributed by atoms with Crippen LogP contribution >= 0.6 is 0 Å². The second-order valence-corrected chi connectivity index (χ2v) is 5.46. The number of nitrogens with zero attached hydrogens (tertiary/aromatic N) is 2.